The summed E-state index contributed by atoms with van der Waals surface area (Å²) in [4.78, 5) is 21.4. The van der Waals surface area contributed by atoms with Crippen LogP contribution in [-0.4, -0.2) is 20.7 Å². The number of thioether (sulfide) groups is 1. The van der Waals surface area contributed by atoms with Gasteiger partial charge in [-0.2, -0.15) is 0 Å². The highest BCUT2D eigenvalue weighted by Crippen LogP contribution is 2.41. The largest absolute Gasteiger partial charge is 0.480 e. The monoisotopic (exact) mass is 309 g/mol. The van der Waals surface area contributed by atoms with Gasteiger partial charge >= 0.3 is 5.97 Å². The van der Waals surface area contributed by atoms with E-state index in [1.165, 1.54) is 19.9 Å². The molecule has 1 aromatic rings. The number of aliphatic carboxylic acids is 1. The normalized spacial score (nSPS) is 11.3. The number of benzene rings is 1. The Bertz CT molecular complexity index is 519. The highest BCUT2D eigenvalue weighted by molar-refractivity contribution is 8.01. The topological polar surface area (TPSA) is 80.4 Å². The molecule has 18 heavy (non-hydrogen) atoms. The zero-order chi connectivity index (χ0) is 14.1. The van der Waals surface area contributed by atoms with E-state index in [-0.39, 0.29) is 20.6 Å². The maximum Gasteiger partial charge on any atom is 0.319 e. The molecule has 1 rings (SSSR count). The van der Waals surface area contributed by atoms with Gasteiger partial charge in [0.25, 0.3) is 5.69 Å². The number of hydrogen-bond donors (Lipinski definition) is 1. The Morgan fingerprint density at radius 2 is 1.89 bits per heavy atom. The van der Waals surface area contributed by atoms with Crippen LogP contribution in [0.5, 0.6) is 0 Å². The van der Waals surface area contributed by atoms with Gasteiger partial charge in [0.2, 0.25) is 0 Å². The minimum atomic E-state index is -1.21. The summed E-state index contributed by atoms with van der Waals surface area (Å²) < 4.78 is -1.21. The van der Waals surface area contributed by atoms with Crippen LogP contribution < -0.4 is 0 Å². The van der Waals surface area contributed by atoms with Gasteiger partial charge in [-0.3, -0.25) is 14.9 Å². The van der Waals surface area contributed by atoms with E-state index in [2.05, 4.69) is 0 Å². The summed E-state index contributed by atoms with van der Waals surface area (Å²) >= 11 is 12.3. The molecule has 1 aromatic carbocycles. The van der Waals surface area contributed by atoms with Gasteiger partial charge in [-0.05, 0) is 19.9 Å². The molecular formula is C10H9Cl2NO4S. The highest BCUT2D eigenvalue weighted by Gasteiger charge is 2.32. The second-order valence-corrected chi connectivity index (χ2v) is 6.39. The predicted octanol–water partition coefficient (Wildman–Crippen LogP) is 3.86. The van der Waals surface area contributed by atoms with Gasteiger partial charge in [0, 0.05) is 6.07 Å². The molecule has 0 unspecified atom stereocenters. The second-order valence-electron chi connectivity index (χ2n) is 3.91. The van der Waals surface area contributed by atoms with Crippen molar-refractivity contribution in [3.63, 3.8) is 0 Å². The molecule has 0 spiro atoms. The predicted molar refractivity (Wildman–Crippen MR) is 70.7 cm³/mol. The molecule has 0 aliphatic rings. The van der Waals surface area contributed by atoms with Crippen molar-refractivity contribution < 1.29 is 14.8 Å². The fourth-order valence-corrected chi connectivity index (χ4v) is 2.50. The van der Waals surface area contributed by atoms with Crippen molar-refractivity contribution in [1.82, 2.24) is 0 Å². The number of hydrogen-bond acceptors (Lipinski definition) is 4. The lowest BCUT2D eigenvalue weighted by atomic mass is 10.2. The lowest BCUT2D eigenvalue weighted by Gasteiger charge is -2.18. The molecule has 1 N–H and O–H groups in total. The molecule has 8 heteroatoms. The van der Waals surface area contributed by atoms with Crippen LogP contribution in [0.25, 0.3) is 0 Å². The second kappa shape index (κ2) is 5.34. The Labute approximate surface area is 117 Å². The molecule has 98 valence electrons. The summed E-state index contributed by atoms with van der Waals surface area (Å²) in [5.74, 6) is -1.08. The Hall–Kier alpha value is -0.980. The molecule has 0 atom stereocenters. The van der Waals surface area contributed by atoms with Crippen molar-refractivity contribution in [3.05, 3.63) is 32.3 Å². The summed E-state index contributed by atoms with van der Waals surface area (Å²) in [5, 5.41) is 20.1. The van der Waals surface area contributed by atoms with E-state index >= 15 is 0 Å². The maximum absolute atomic E-state index is 11.0. The Kier molecular flexibility index (Phi) is 4.47. The smallest absolute Gasteiger partial charge is 0.319 e. The van der Waals surface area contributed by atoms with Crippen molar-refractivity contribution in [2.75, 3.05) is 0 Å². The van der Waals surface area contributed by atoms with E-state index in [4.69, 9.17) is 28.3 Å². The number of nitro benzene ring substituents is 1. The van der Waals surface area contributed by atoms with Crippen molar-refractivity contribution in [2.24, 2.45) is 0 Å². The number of carboxylic acid groups (broad SMARTS) is 1. The van der Waals surface area contributed by atoms with Crippen molar-refractivity contribution in [3.8, 4) is 0 Å². The first-order valence-electron chi connectivity index (χ1n) is 4.71. The SMILES string of the molecule is CC(C)(Sc1cc(Cl)c(Cl)cc1[N+](=O)[O-])C(=O)O. The van der Waals surface area contributed by atoms with Crippen LogP contribution in [0, 0.1) is 10.1 Å². The Morgan fingerprint density at radius 3 is 2.33 bits per heavy atom. The molecule has 0 fully saturated rings. The van der Waals surface area contributed by atoms with Crippen molar-refractivity contribution in [1.29, 1.82) is 0 Å². The van der Waals surface area contributed by atoms with Gasteiger partial charge in [0.1, 0.15) is 4.75 Å². The average molecular weight is 310 g/mol. The summed E-state index contributed by atoms with van der Waals surface area (Å²) in [7, 11) is 0. The maximum atomic E-state index is 11.0. The molecule has 0 radical (unpaired) electrons. The number of nitro groups is 1. The van der Waals surface area contributed by atoms with Crippen molar-refractivity contribution >= 4 is 46.6 Å². The van der Waals surface area contributed by atoms with Gasteiger partial charge in [-0.15, -0.1) is 11.8 Å². The molecule has 0 aromatic heterocycles. The molecule has 0 heterocycles. The van der Waals surface area contributed by atoms with Crippen LogP contribution in [-0.2, 0) is 4.79 Å². The molecule has 0 aliphatic carbocycles. The van der Waals surface area contributed by atoms with Crippen LogP contribution in [0.15, 0.2) is 17.0 Å². The zero-order valence-electron chi connectivity index (χ0n) is 9.44. The van der Waals surface area contributed by atoms with Crippen LogP contribution in [0.3, 0.4) is 0 Å². The van der Waals surface area contributed by atoms with Gasteiger partial charge in [-0.25, -0.2) is 0 Å². The number of carbonyl (C=O) groups is 1. The average Bonchev–Trinajstić information content (AvgIpc) is 2.22. The van der Waals surface area contributed by atoms with Crippen LogP contribution in [0.2, 0.25) is 10.0 Å². The lowest BCUT2D eigenvalue weighted by Crippen LogP contribution is -2.27. The van der Waals surface area contributed by atoms with Crippen LogP contribution >= 0.6 is 35.0 Å². The van der Waals surface area contributed by atoms with E-state index in [0.717, 1.165) is 17.8 Å². The van der Waals surface area contributed by atoms with E-state index in [1.807, 2.05) is 0 Å². The van der Waals surface area contributed by atoms with Gasteiger partial charge in [-0.1, -0.05) is 23.2 Å². The van der Waals surface area contributed by atoms with E-state index in [1.54, 1.807) is 0 Å². The number of nitrogens with zero attached hydrogens (tertiary/aromatic N) is 1. The minimum absolute atomic E-state index is 0.0563. The van der Waals surface area contributed by atoms with E-state index in [9.17, 15) is 14.9 Å². The number of carboxylic acids is 1. The zero-order valence-corrected chi connectivity index (χ0v) is 11.8. The van der Waals surface area contributed by atoms with Crippen LogP contribution in [0.1, 0.15) is 13.8 Å². The molecule has 0 saturated carbocycles. The lowest BCUT2D eigenvalue weighted by molar-refractivity contribution is -0.387. The minimum Gasteiger partial charge on any atom is -0.480 e. The standard InChI is InChI=1S/C10H9Cl2NO4S/c1-10(2,9(14)15)18-8-4-6(12)5(11)3-7(8)13(16)17/h3-4H,1-2H3,(H,14,15). The first-order valence-corrected chi connectivity index (χ1v) is 6.28. The molecule has 0 amide bonds. The Morgan fingerprint density at radius 1 is 1.39 bits per heavy atom. The fraction of sp³-hybridized carbons (Fsp3) is 0.300. The van der Waals surface area contributed by atoms with Gasteiger partial charge in [0.05, 0.1) is 19.9 Å². The third kappa shape index (κ3) is 3.28. The number of rotatable bonds is 4. The first kappa shape index (κ1) is 15.1. The molecule has 0 bridgehead atoms. The summed E-state index contributed by atoms with van der Waals surface area (Å²) in [6.07, 6.45) is 0. The first-order chi connectivity index (χ1) is 8.15. The summed E-state index contributed by atoms with van der Waals surface area (Å²) in [5.41, 5.74) is -0.260. The number of halogens is 2. The van der Waals surface area contributed by atoms with Gasteiger partial charge < -0.3 is 5.11 Å². The highest BCUT2D eigenvalue weighted by atomic mass is 35.5. The summed E-state index contributed by atoms with van der Waals surface area (Å²) in [6, 6.07) is 2.42. The van der Waals surface area contributed by atoms with E-state index in [0.29, 0.717) is 0 Å². The molecular weight excluding hydrogens is 301 g/mol. The van der Waals surface area contributed by atoms with Crippen molar-refractivity contribution in [2.45, 2.75) is 23.5 Å². The third-order valence-electron chi connectivity index (χ3n) is 2.08. The summed E-state index contributed by atoms with van der Waals surface area (Å²) in [6.45, 7) is 2.90. The molecule has 0 saturated heterocycles. The molecule has 0 aliphatic heterocycles. The third-order valence-corrected chi connectivity index (χ3v) is 4.03. The van der Waals surface area contributed by atoms with Gasteiger partial charge in [0.15, 0.2) is 0 Å². The van der Waals surface area contributed by atoms with E-state index < -0.39 is 15.6 Å². The fourth-order valence-electron chi connectivity index (χ4n) is 1.06. The molecule has 5 nitrogen and oxygen atoms in total. The van der Waals surface area contributed by atoms with Crippen LogP contribution in [0.4, 0.5) is 5.69 Å². The Balaban J connectivity index is 3.27. The quantitative estimate of drug-likeness (QED) is 0.519.